The Balaban J connectivity index is 2.46. The molecular formula is C14H24N2O3. The molecule has 0 spiro atoms. The molecule has 1 aliphatic heterocycles. The van der Waals surface area contributed by atoms with Crippen LogP contribution in [0.2, 0.25) is 0 Å². The normalized spacial score (nSPS) is 25.4. The molecule has 0 aromatic rings. The van der Waals surface area contributed by atoms with Crippen molar-refractivity contribution in [3.05, 3.63) is 0 Å². The number of ether oxygens (including phenoxy) is 2. The summed E-state index contributed by atoms with van der Waals surface area (Å²) in [5.74, 6) is -0.228. The van der Waals surface area contributed by atoms with E-state index in [1.165, 1.54) is 0 Å². The van der Waals surface area contributed by atoms with Gasteiger partial charge < -0.3 is 14.8 Å². The van der Waals surface area contributed by atoms with Gasteiger partial charge in [-0.3, -0.25) is 4.79 Å². The van der Waals surface area contributed by atoms with E-state index in [1.54, 1.807) is 0 Å². The Bertz CT molecular complexity index is 344. The molecule has 0 saturated carbocycles. The molecule has 0 aromatic carbocycles. The maximum Gasteiger partial charge on any atom is 0.323 e. The summed E-state index contributed by atoms with van der Waals surface area (Å²) in [4.78, 5) is 12.0. The molecule has 19 heavy (non-hydrogen) atoms. The van der Waals surface area contributed by atoms with E-state index in [4.69, 9.17) is 14.7 Å². The molecule has 1 aliphatic rings. The molecule has 108 valence electrons. The van der Waals surface area contributed by atoms with E-state index in [1.807, 2.05) is 27.7 Å². The SMILES string of the molecule is C[C@@H](CC#N)OC1CCNC(C(=O)OC(C)(C)C)C1. The summed E-state index contributed by atoms with van der Waals surface area (Å²) in [6.45, 7) is 8.19. The smallest absolute Gasteiger partial charge is 0.323 e. The van der Waals surface area contributed by atoms with Crippen molar-refractivity contribution in [3.8, 4) is 6.07 Å². The van der Waals surface area contributed by atoms with Crippen LogP contribution >= 0.6 is 0 Å². The number of rotatable bonds is 4. The van der Waals surface area contributed by atoms with Gasteiger partial charge in [-0.1, -0.05) is 0 Å². The van der Waals surface area contributed by atoms with E-state index < -0.39 is 5.60 Å². The predicted molar refractivity (Wildman–Crippen MR) is 71.4 cm³/mol. The monoisotopic (exact) mass is 268 g/mol. The molecule has 1 saturated heterocycles. The van der Waals surface area contributed by atoms with Crippen molar-refractivity contribution in [2.24, 2.45) is 0 Å². The maximum absolute atomic E-state index is 12.0. The van der Waals surface area contributed by atoms with Crippen molar-refractivity contribution in [1.29, 1.82) is 5.26 Å². The van der Waals surface area contributed by atoms with E-state index >= 15 is 0 Å². The maximum atomic E-state index is 12.0. The quantitative estimate of drug-likeness (QED) is 0.787. The average molecular weight is 268 g/mol. The molecule has 1 N–H and O–H groups in total. The number of nitrogens with one attached hydrogen (secondary N) is 1. The van der Waals surface area contributed by atoms with Gasteiger partial charge in [0.05, 0.1) is 24.7 Å². The lowest BCUT2D eigenvalue weighted by atomic mass is 10.0. The second-order valence-electron chi connectivity index (χ2n) is 6.00. The Kier molecular flexibility index (Phi) is 5.77. The highest BCUT2D eigenvalue weighted by molar-refractivity contribution is 5.76. The first-order valence-corrected chi connectivity index (χ1v) is 6.80. The number of carbonyl (C=O) groups excluding carboxylic acids is 1. The Hall–Kier alpha value is -1.12. The molecule has 5 heteroatoms. The number of carbonyl (C=O) groups is 1. The predicted octanol–water partition coefficient (Wildman–Crippen LogP) is 1.77. The topological polar surface area (TPSA) is 71.3 Å². The first kappa shape index (κ1) is 15.9. The molecule has 1 fully saturated rings. The zero-order valence-corrected chi connectivity index (χ0v) is 12.2. The molecule has 0 bridgehead atoms. The number of hydrogen-bond acceptors (Lipinski definition) is 5. The minimum absolute atomic E-state index is 0.0159. The largest absolute Gasteiger partial charge is 0.459 e. The fourth-order valence-electron chi connectivity index (χ4n) is 2.06. The third kappa shape index (κ3) is 6.04. The van der Waals surface area contributed by atoms with Crippen molar-refractivity contribution in [1.82, 2.24) is 5.32 Å². The van der Waals surface area contributed by atoms with Gasteiger partial charge in [-0.2, -0.15) is 5.26 Å². The molecule has 0 aliphatic carbocycles. The first-order valence-electron chi connectivity index (χ1n) is 6.80. The van der Waals surface area contributed by atoms with Crippen molar-refractivity contribution in [2.45, 2.75) is 70.8 Å². The summed E-state index contributed by atoms with van der Waals surface area (Å²) in [7, 11) is 0. The Morgan fingerprint density at radius 2 is 2.21 bits per heavy atom. The van der Waals surface area contributed by atoms with Crippen molar-refractivity contribution >= 4 is 5.97 Å². The third-order valence-electron chi connectivity index (χ3n) is 2.85. The van der Waals surface area contributed by atoms with Gasteiger partial charge in [0.15, 0.2) is 0 Å². The fraction of sp³-hybridized carbons (Fsp3) is 0.857. The van der Waals surface area contributed by atoms with Crippen LogP contribution in [0.4, 0.5) is 0 Å². The lowest BCUT2D eigenvalue weighted by molar-refractivity contribution is -0.160. The molecular weight excluding hydrogens is 244 g/mol. The van der Waals surface area contributed by atoms with Crippen LogP contribution < -0.4 is 5.32 Å². The zero-order valence-electron chi connectivity index (χ0n) is 12.2. The lowest BCUT2D eigenvalue weighted by Gasteiger charge is -2.32. The number of nitrogens with zero attached hydrogens (tertiary/aromatic N) is 1. The Labute approximate surface area is 115 Å². The number of piperidine rings is 1. The van der Waals surface area contributed by atoms with Gasteiger partial charge in [0, 0.05) is 0 Å². The van der Waals surface area contributed by atoms with Crippen LogP contribution in [0.1, 0.15) is 47.0 Å². The van der Waals surface area contributed by atoms with Gasteiger partial charge >= 0.3 is 5.97 Å². The molecule has 0 amide bonds. The number of nitriles is 1. The van der Waals surface area contributed by atoms with Crippen molar-refractivity contribution in [3.63, 3.8) is 0 Å². The van der Waals surface area contributed by atoms with E-state index in [2.05, 4.69) is 11.4 Å². The van der Waals surface area contributed by atoms with Gasteiger partial charge in [-0.15, -0.1) is 0 Å². The van der Waals surface area contributed by atoms with Gasteiger partial charge in [0.1, 0.15) is 11.6 Å². The third-order valence-corrected chi connectivity index (χ3v) is 2.85. The van der Waals surface area contributed by atoms with E-state index in [0.29, 0.717) is 12.8 Å². The zero-order chi connectivity index (χ0) is 14.5. The van der Waals surface area contributed by atoms with Gasteiger partial charge in [0.25, 0.3) is 0 Å². The first-order chi connectivity index (χ1) is 8.81. The van der Waals surface area contributed by atoms with Crippen LogP contribution in [0.15, 0.2) is 0 Å². The highest BCUT2D eigenvalue weighted by Crippen LogP contribution is 2.18. The van der Waals surface area contributed by atoms with E-state index in [0.717, 1.165) is 13.0 Å². The second kappa shape index (κ2) is 6.88. The van der Waals surface area contributed by atoms with E-state index in [-0.39, 0.29) is 24.2 Å². The van der Waals surface area contributed by atoms with Gasteiger partial charge in [-0.25, -0.2) is 0 Å². The van der Waals surface area contributed by atoms with Crippen LogP contribution in [0.5, 0.6) is 0 Å². The second-order valence-corrected chi connectivity index (χ2v) is 6.00. The standard InChI is InChI=1S/C14H24N2O3/c1-10(5-7-15)18-11-6-8-16-12(9-11)13(17)19-14(2,3)4/h10-12,16H,5-6,8-9H2,1-4H3/t10-,11?,12?/m0/s1. The molecule has 1 rings (SSSR count). The molecule has 1 heterocycles. The Morgan fingerprint density at radius 1 is 1.53 bits per heavy atom. The number of esters is 1. The van der Waals surface area contributed by atoms with Crippen molar-refractivity contribution in [2.75, 3.05) is 6.54 Å². The Morgan fingerprint density at radius 3 is 2.79 bits per heavy atom. The van der Waals surface area contributed by atoms with E-state index in [9.17, 15) is 4.79 Å². The van der Waals surface area contributed by atoms with Gasteiger partial charge in [0.2, 0.25) is 0 Å². The van der Waals surface area contributed by atoms with Crippen LogP contribution in [-0.2, 0) is 14.3 Å². The minimum atomic E-state index is -0.472. The number of hydrogen-bond donors (Lipinski definition) is 1. The average Bonchev–Trinajstić information content (AvgIpc) is 2.27. The summed E-state index contributed by atoms with van der Waals surface area (Å²) >= 11 is 0. The highest BCUT2D eigenvalue weighted by Gasteiger charge is 2.31. The fourth-order valence-corrected chi connectivity index (χ4v) is 2.06. The van der Waals surface area contributed by atoms with Gasteiger partial charge in [-0.05, 0) is 47.1 Å². The van der Waals surface area contributed by atoms with Crippen molar-refractivity contribution < 1.29 is 14.3 Å². The van der Waals surface area contributed by atoms with Crippen LogP contribution in [0, 0.1) is 11.3 Å². The molecule has 0 radical (unpaired) electrons. The summed E-state index contributed by atoms with van der Waals surface area (Å²) in [5.41, 5.74) is -0.472. The summed E-state index contributed by atoms with van der Waals surface area (Å²) in [6, 6.07) is 1.78. The summed E-state index contributed by atoms with van der Waals surface area (Å²) in [5, 5.41) is 11.8. The molecule has 0 aromatic heterocycles. The minimum Gasteiger partial charge on any atom is -0.459 e. The summed E-state index contributed by atoms with van der Waals surface area (Å²) in [6.07, 6.45) is 1.76. The molecule has 2 unspecified atom stereocenters. The highest BCUT2D eigenvalue weighted by atomic mass is 16.6. The van der Waals surface area contributed by atoms with Crippen LogP contribution in [-0.4, -0.2) is 36.4 Å². The van der Waals surface area contributed by atoms with Crippen LogP contribution in [0.25, 0.3) is 0 Å². The molecule has 3 atom stereocenters. The lowest BCUT2D eigenvalue weighted by Crippen LogP contribution is -2.48. The summed E-state index contributed by atoms with van der Waals surface area (Å²) < 4.78 is 11.1. The molecule has 5 nitrogen and oxygen atoms in total. The van der Waals surface area contributed by atoms with Crippen LogP contribution in [0.3, 0.4) is 0 Å².